The van der Waals surface area contributed by atoms with Crippen molar-refractivity contribution in [2.45, 2.75) is 50.9 Å². The molecule has 1 atom stereocenters. The molecule has 0 spiro atoms. The summed E-state index contributed by atoms with van der Waals surface area (Å²) in [6.45, 7) is 0.149. The van der Waals surface area contributed by atoms with Gasteiger partial charge in [0.25, 0.3) is 0 Å². The lowest BCUT2D eigenvalue weighted by Gasteiger charge is -2.29. The van der Waals surface area contributed by atoms with E-state index in [1.54, 1.807) is 6.19 Å². The molecular formula is C23H18F9N3O2. The summed E-state index contributed by atoms with van der Waals surface area (Å²) in [7, 11) is 0. The van der Waals surface area contributed by atoms with Crippen molar-refractivity contribution >= 4 is 11.8 Å². The first-order valence-electron chi connectivity index (χ1n) is 10.6. The molecule has 1 amide bonds. The number of anilines is 1. The van der Waals surface area contributed by atoms with Crippen molar-refractivity contribution in [3.05, 3.63) is 63.7 Å². The summed E-state index contributed by atoms with van der Waals surface area (Å²) in [5.41, 5.74) is -5.47. The summed E-state index contributed by atoms with van der Waals surface area (Å²) in [5, 5.41) is 19.3. The number of fused-ring (bicyclic) bond motifs is 1. The van der Waals surface area contributed by atoms with E-state index in [-0.39, 0.29) is 42.3 Å². The largest absolute Gasteiger partial charge is 0.465 e. The molecule has 1 unspecified atom stereocenters. The Labute approximate surface area is 204 Å². The SMILES string of the molecule is Cc1cc2c(cc1C(F)(F)F)N(C(=O)O)CCCC2N(C#N)Cc1cc(C(F)(F)F)cc(C(F)(F)F)c1. The van der Waals surface area contributed by atoms with Gasteiger partial charge in [-0.2, -0.15) is 44.8 Å². The van der Waals surface area contributed by atoms with Gasteiger partial charge in [-0.3, -0.25) is 9.80 Å². The van der Waals surface area contributed by atoms with Gasteiger partial charge < -0.3 is 5.11 Å². The maximum absolute atomic E-state index is 13.5. The van der Waals surface area contributed by atoms with Gasteiger partial charge in [0.2, 0.25) is 0 Å². The van der Waals surface area contributed by atoms with Crippen LogP contribution in [-0.2, 0) is 25.1 Å². The summed E-state index contributed by atoms with van der Waals surface area (Å²) in [5.74, 6) is 0. The van der Waals surface area contributed by atoms with Gasteiger partial charge >= 0.3 is 24.6 Å². The molecule has 0 saturated carbocycles. The van der Waals surface area contributed by atoms with Crippen molar-refractivity contribution in [1.82, 2.24) is 4.90 Å². The predicted octanol–water partition coefficient (Wildman–Crippen LogP) is 7.35. The minimum absolute atomic E-state index is 0.000232. The van der Waals surface area contributed by atoms with Crippen molar-refractivity contribution in [3.63, 3.8) is 0 Å². The van der Waals surface area contributed by atoms with Crippen molar-refractivity contribution < 1.29 is 49.4 Å². The zero-order valence-electron chi connectivity index (χ0n) is 18.9. The van der Waals surface area contributed by atoms with E-state index in [4.69, 9.17) is 0 Å². The molecule has 0 saturated heterocycles. The minimum Gasteiger partial charge on any atom is -0.465 e. The number of hydrogen-bond acceptors (Lipinski definition) is 3. The Balaban J connectivity index is 2.13. The molecule has 200 valence electrons. The van der Waals surface area contributed by atoms with Gasteiger partial charge in [0.05, 0.1) is 35.0 Å². The molecule has 5 nitrogen and oxygen atoms in total. The normalized spacial score (nSPS) is 16.6. The lowest BCUT2D eigenvalue weighted by molar-refractivity contribution is -0.143. The zero-order chi connectivity index (χ0) is 27.9. The number of alkyl halides is 9. The number of nitrogens with zero attached hydrogens (tertiary/aromatic N) is 3. The summed E-state index contributed by atoms with van der Waals surface area (Å²) >= 11 is 0. The lowest BCUT2D eigenvalue weighted by Crippen LogP contribution is -2.31. The molecule has 2 aromatic carbocycles. The Hall–Kier alpha value is -3.63. The predicted molar refractivity (Wildman–Crippen MR) is 111 cm³/mol. The second kappa shape index (κ2) is 9.68. The average molecular weight is 539 g/mol. The van der Waals surface area contributed by atoms with Crippen LogP contribution in [0.3, 0.4) is 0 Å². The first-order valence-corrected chi connectivity index (χ1v) is 10.6. The Kier molecular flexibility index (Phi) is 7.31. The first kappa shape index (κ1) is 27.9. The summed E-state index contributed by atoms with van der Waals surface area (Å²) in [6.07, 6.45) is -14.9. The molecule has 1 aliphatic rings. The molecule has 37 heavy (non-hydrogen) atoms. The first-order chi connectivity index (χ1) is 16.9. The van der Waals surface area contributed by atoms with Crippen LogP contribution in [0, 0.1) is 18.4 Å². The van der Waals surface area contributed by atoms with Crippen molar-refractivity contribution in [2.75, 3.05) is 11.4 Å². The molecule has 1 heterocycles. The molecule has 1 aliphatic heterocycles. The second-order valence-corrected chi connectivity index (χ2v) is 8.46. The van der Waals surface area contributed by atoms with Crippen LogP contribution in [0.5, 0.6) is 0 Å². The fourth-order valence-electron chi connectivity index (χ4n) is 4.29. The highest BCUT2D eigenvalue weighted by molar-refractivity contribution is 5.88. The van der Waals surface area contributed by atoms with Crippen LogP contribution in [0.4, 0.5) is 50.0 Å². The third-order valence-electron chi connectivity index (χ3n) is 5.92. The lowest BCUT2D eigenvalue weighted by atomic mass is 9.94. The summed E-state index contributed by atoms with van der Waals surface area (Å²) in [4.78, 5) is 13.3. The van der Waals surface area contributed by atoms with Crippen LogP contribution < -0.4 is 4.90 Å². The Morgan fingerprint density at radius 1 is 1.00 bits per heavy atom. The number of aryl methyl sites for hydroxylation is 1. The standard InChI is InChI=1S/C23H18F9N3O2/c1-12-5-16-18(3-2-4-35(20(36)37)19(16)9-17(12)23(30,31)32)34(11-33)10-13-6-14(21(24,25)26)8-15(7-13)22(27,28)29/h5-9,18H,2-4,10H2,1H3,(H,36,37). The number of hydrogen-bond donors (Lipinski definition) is 1. The number of rotatable bonds is 3. The highest BCUT2D eigenvalue weighted by atomic mass is 19.4. The Bertz CT molecular complexity index is 1200. The maximum atomic E-state index is 13.5. The van der Waals surface area contributed by atoms with Crippen molar-refractivity contribution in [3.8, 4) is 6.19 Å². The average Bonchev–Trinajstić information content (AvgIpc) is 2.94. The number of nitriles is 1. The summed E-state index contributed by atoms with van der Waals surface area (Å²) < 4.78 is 120. The van der Waals surface area contributed by atoms with E-state index in [0.29, 0.717) is 23.1 Å². The number of carbonyl (C=O) groups is 1. The molecule has 3 rings (SSSR count). The van der Waals surface area contributed by atoms with E-state index >= 15 is 0 Å². The van der Waals surface area contributed by atoms with Crippen LogP contribution in [-0.4, -0.2) is 22.6 Å². The molecule has 0 radical (unpaired) electrons. The van der Waals surface area contributed by atoms with E-state index in [9.17, 15) is 54.7 Å². The van der Waals surface area contributed by atoms with Gasteiger partial charge in [0.1, 0.15) is 0 Å². The quantitative estimate of drug-likeness (QED) is 0.252. The second-order valence-electron chi connectivity index (χ2n) is 8.46. The number of amides is 1. The number of benzene rings is 2. The molecule has 14 heteroatoms. The number of carboxylic acid groups (broad SMARTS) is 1. The van der Waals surface area contributed by atoms with Gasteiger partial charge in [-0.1, -0.05) is 6.07 Å². The van der Waals surface area contributed by atoms with Gasteiger partial charge in [-0.25, -0.2) is 4.79 Å². The monoisotopic (exact) mass is 539 g/mol. The van der Waals surface area contributed by atoms with Crippen LogP contribution >= 0.6 is 0 Å². The number of halogens is 9. The van der Waals surface area contributed by atoms with E-state index in [1.807, 2.05) is 0 Å². The van der Waals surface area contributed by atoms with Crippen LogP contribution in [0.2, 0.25) is 0 Å². The Morgan fingerprint density at radius 2 is 1.57 bits per heavy atom. The van der Waals surface area contributed by atoms with Crippen LogP contribution in [0.25, 0.3) is 0 Å². The Morgan fingerprint density at radius 3 is 2.03 bits per heavy atom. The highest BCUT2D eigenvalue weighted by Gasteiger charge is 2.39. The van der Waals surface area contributed by atoms with E-state index < -0.39 is 59.5 Å². The molecular weight excluding hydrogens is 521 g/mol. The van der Waals surface area contributed by atoms with Crippen molar-refractivity contribution in [2.24, 2.45) is 0 Å². The molecule has 0 aromatic heterocycles. The molecule has 0 bridgehead atoms. The van der Waals surface area contributed by atoms with E-state index in [1.165, 1.54) is 0 Å². The smallest absolute Gasteiger partial charge is 0.416 e. The minimum atomic E-state index is -5.12. The molecule has 1 N–H and O–H groups in total. The fraction of sp³-hybridized carbons (Fsp3) is 0.391. The van der Waals surface area contributed by atoms with Gasteiger partial charge in [0.15, 0.2) is 6.19 Å². The third-order valence-corrected chi connectivity index (χ3v) is 5.92. The van der Waals surface area contributed by atoms with E-state index in [0.717, 1.165) is 17.9 Å². The fourth-order valence-corrected chi connectivity index (χ4v) is 4.29. The molecule has 0 aliphatic carbocycles. The molecule has 2 aromatic rings. The molecule has 0 fully saturated rings. The van der Waals surface area contributed by atoms with Gasteiger partial charge in [-0.05, 0) is 60.7 Å². The zero-order valence-corrected chi connectivity index (χ0v) is 18.9. The van der Waals surface area contributed by atoms with Crippen molar-refractivity contribution in [1.29, 1.82) is 5.26 Å². The van der Waals surface area contributed by atoms with Crippen LogP contribution in [0.1, 0.15) is 52.3 Å². The van der Waals surface area contributed by atoms with Gasteiger partial charge in [0, 0.05) is 6.54 Å². The maximum Gasteiger partial charge on any atom is 0.416 e. The highest BCUT2D eigenvalue weighted by Crippen LogP contribution is 2.43. The topological polar surface area (TPSA) is 67.6 Å². The summed E-state index contributed by atoms with van der Waals surface area (Å²) in [6, 6.07) is 1.40. The third kappa shape index (κ3) is 6.03. The van der Waals surface area contributed by atoms with Crippen LogP contribution in [0.15, 0.2) is 30.3 Å². The van der Waals surface area contributed by atoms with Gasteiger partial charge in [-0.15, -0.1) is 0 Å². The van der Waals surface area contributed by atoms with E-state index in [2.05, 4.69) is 0 Å².